The number of hydrogen-bond donors (Lipinski definition) is 2. The van der Waals surface area contributed by atoms with Crippen molar-refractivity contribution < 1.29 is 4.79 Å². The summed E-state index contributed by atoms with van der Waals surface area (Å²) in [6.07, 6.45) is 0. The molecule has 74 valence electrons. The Morgan fingerprint density at radius 1 is 1.36 bits per heavy atom. The monoisotopic (exact) mass is 210 g/mol. The zero-order valence-electron chi connectivity index (χ0n) is 7.59. The molecule has 1 amide bonds. The first-order chi connectivity index (χ1) is 6.77. The second-order valence-corrected chi connectivity index (χ2v) is 3.68. The maximum absolute atomic E-state index is 11.1. The van der Waals surface area contributed by atoms with Crippen LogP contribution in [0.4, 0.5) is 0 Å². The fourth-order valence-electron chi connectivity index (χ4n) is 1.57. The summed E-state index contributed by atoms with van der Waals surface area (Å²) in [6, 6.07) is 7.55. The minimum atomic E-state index is -0.00931. The number of rotatable bonds is 1. The van der Waals surface area contributed by atoms with E-state index in [4.69, 9.17) is 11.6 Å². The second kappa shape index (κ2) is 3.98. The Labute approximate surface area is 87.4 Å². The maximum Gasteiger partial charge on any atom is 0.234 e. The third-order valence-electron chi connectivity index (χ3n) is 2.25. The van der Waals surface area contributed by atoms with Crippen LogP contribution in [-0.4, -0.2) is 19.0 Å². The molecule has 1 atom stereocenters. The minimum Gasteiger partial charge on any atom is -0.347 e. The van der Waals surface area contributed by atoms with E-state index in [2.05, 4.69) is 10.6 Å². The Morgan fingerprint density at radius 3 is 2.86 bits per heavy atom. The zero-order valence-corrected chi connectivity index (χ0v) is 8.34. The molecular weight excluding hydrogens is 200 g/mol. The van der Waals surface area contributed by atoms with Crippen LogP contribution in [0.5, 0.6) is 0 Å². The van der Waals surface area contributed by atoms with Crippen LogP contribution < -0.4 is 10.6 Å². The number of nitrogens with one attached hydrogen (secondary N) is 2. The minimum absolute atomic E-state index is 0.00931. The average Bonchev–Trinajstić information content (AvgIpc) is 2.18. The number of benzene rings is 1. The molecule has 0 bridgehead atoms. The van der Waals surface area contributed by atoms with Gasteiger partial charge in [0.05, 0.1) is 12.6 Å². The van der Waals surface area contributed by atoms with Crippen molar-refractivity contribution in [2.45, 2.75) is 6.04 Å². The lowest BCUT2D eigenvalue weighted by atomic mass is 10.1. The quantitative estimate of drug-likeness (QED) is 0.729. The largest absolute Gasteiger partial charge is 0.347 e. The Bertz CT molecular complexity index is 354. The molecule has 1 aromatic carbocycles. The van der Waals surface area contributed by atoms with Gasteiger partial charge in [0.25, 0.3) is 0 Å². The third-order valence-corrected chi connectivity index (χ3v) is 2.59. The number of halogens is 1. The van der Waals surface area contributed by atoms with Gasteiger partial charge < -0.3 is 10.6 Å². The molecule has 1 aliphatic heterocycles. The van der Waals surface area contributed by atoms with Gasteiger partial charge in [-0.15, -0.1) is 0 Å². The molecule has 1 saturated heterocycles. The van der Waals surface area contributed by atoms with Crippen LogP contribution in [0, 0.1) is 0 Å². The van der Waals surface area contributed by atoms with Crippen molar-refractivity contribution in [2.75, 3.05) is 13.1 Å². The van der Waals surface area contributed by atoms with Crippen LogP contribution in [0.1, 0.15) is 11.6 Å². The van der Waals surface area contributed by atoms with Gasteiger partial charge in [-0.25, -0.2) is 0 Å². The highest BCUT2D eigenvalue weighted by Crippen LogP contribution is 2.22. The molecule has 2 rings (SSSR count). The van der Waals surface area contributed by atoms with Crippen LogP contribution in [0.15, 0.2) is 24.3 Å². The molecule has 0 aliphatic carbocycles. The molecule has 14 heavy (non-hydrogen) atoms. The van der Waals surface area contributed by atoms with E-state index in [0.29, 0.717) is 11.6 Å². The SMILES string of the molecule is O=C1CNCC(c2ccccc2Cl)N1. The molecule has 0 radical (unpaired) electrons. The molecule has 1 aliphatic rings. The summed E-state index contributed by atoms with van der Waals surface area (Å²) in [6.45, 7) is 1.12. The molecule has 0 saturated carbocycles. The van der Waals surface area contributed by atoms with E-state index in [-0.39, 0.29) is 11.9 Å². The van der Waals surface area contributed by atoms with Crippen molar-refractivity contribution in [3.63, 3.8) is 0 Å². The Balaban J connectivity index is 2.22. The summed E-state index contributed by atoms with van der Waals surface area (Å²) in [5.41, 5.74) is 0.967. The van der Waals surface area contributed by atoms with E-state index in [1.165, 1.54) is 0 Å². The topological polar surface area (TPSA) is 41.1 Å². The normalized spacial score (nSPS) is 21.8. The highest BCUT2D eigenvalue weighted by Gasteiger charge is 2.20. The third kappa shape index (κ3) is 1.89. The van der Waals surface area contributed by atoms with Crippen LogP contribution in [0.25, 0.3) is 0 Å². The number of piperazine rings is 1. The Kier molecular flexibility index (Phi) is 2.70. The summed E-state index contributed by atoms with van der Waals surface area (Å²) in [5, 5.41) is 6.62. The Hall–Kier alpha value is -1.06. The number of amides is 1. The fourth-order valence-corrected chi connectivity index (χ4v) is 1.84. The maximum atomic E-state index is 11.1. The van der Waals surface area contributed by atoms with E-state index in [0.717, 1.165) is 12.1 Å². The van der Waals surface area contributed by atoms with E-state index in [9.17, 15) is 4.79 Å². The van der Waals surface area contributed by atoms with Gasteiger partial charge in [-0.05, 0) is 11.6 Å². The Morgan fingerprint density at radius 2 is 2.14 bits per heavy atom. The van der Waals surface area contributed by atoms with Crippen LogP contribution >= 0.6 is 11.6 Å². The number of hydrogen-bond acceptors (Lipinski definition) is 2. The van der Waals surface area contributed by atoms with Gasteiger partial charge in [-0.2, -0.15) is 0 Å². The van der Waals surface area contributed by atoms with Crippen molar-refractivity contribution in [3.8, 4) is 0 Å². The van der Waals surface area contributed by atoms with E-state index >= 15 is 0 Å². The van der Waals surface area contributed by atoms with Gasteiger partial charge in [0, 0.05) is 11.6 Å². The first-order valence-corrected chi connectivity index (χ1v) is 4.89. The molecule has 1 aromatic rings. The standard InChI is InChI=1S/C10H11ClN2O/c11-8-4-2-1-3-7(8)9-5-12-6-10(14)13-9/h1-4,9,12H,5-6H2,(H,13,14). The van der Waals surface area contributed by atoms with Crippen molar-refractivity contribution in [1.29, 1.82) is 0 Å². The molecule has 0 aromatic heterocycles. The molecule has 2 N–H and O–H groups in total. The first kappa shape index (κ1) is 9.49. The summed E-state index contributed by atoms with van der Waals surface area (Å²) in [5.74, 6) is 0.0150. The molecule has 1 unspecified atom stereocenters. The predicted molar refractivity (Wildman–Crippen MR) is 55.2 cm³/mol. The fraction of sp³-hybridized carbons (Fsp3) is 0.300. The second-order valence-electron chi connectivity index (χ2n) is 3.27. The lowest BCUT2D eigenvalue weighted by Crippen LogP contribution is -2.47. The average molecular weight is 211 g/mol. The van der Waals surface area contributed by atoms with Crippen molar-refractivity contribution in [2.24, 2.45) is 0 Å². The lowest BCUT2D eigenvalue weighted by Gasteiger charge is -2.25. The van der Waals surface area contributed by atoms with Crippen LogP contribution in [-0.2, 0) is 4.79 Å². The molecule has 4 heteroatoms. The number of carbonyl (C=O) groups excluding carboxylic acids is 1. The molecule has 3 nitrogen and oxygen atoms in total. The van der Waals surface area contributed by atoms with E-state index in [1.807, 2.05) is 24.3 Å². The summed E-state index contributed by atoms with van der Waals surface area (Å²) >= 11 is 6.03. The van der Waals surface area contributed by atoms with Crippen LogP contribution in [0.2, 0.25) is 5.02 Å². The first-order valence-electron chi connectivity index (χ1n) is 4.52. The molecule has 1 fully saturated rings. The smallest absolute Gasteiger partial charge is 0.234 e. The summed E-state index contributed by atoms with van der Waals surface area (Å²) < 4.78 is 0. The van der Waals surface area contributed by atoms with Gasteiger partial charge in [0.15, 0.2) is 0 Å². The van der Waals surface area contributed by atoms with E-state index in [1.54, 1.807) is 0 Å². The number of carbonyl (C=O) groups is 1. The highest BCUT2D eigenvalue weighted by molar-refractivity contribution is 6.31. The van der Waals surface area contributed by atoms with Gasteiger partial charge in [0.1, 0.15) is 0 Å². The van der Waals surface area contributed by atoms with Gasteiger partial charge in [-0.3, -0.25) is 4.79 Å². The van der Waals surface area contributed by atoms with Crippen molar-refractivity contribution in [3.05, 3.63) is 34.9 Å². The summed E-state index contributed by atoms with van der Waals surface area (Å²) in [7, 11) is 0. The molecule has 1 heterocycles. The van der Waals surface area contributed by atoms with Gasteiger partial charge >= 0.3 is 0 Å². The summed E-state index contributed by atoms with van der Waals surface area (Å²) in [4.78, 5) is 11.1. The predicted octanol–water partition coefficient (Wildman–Crippen LogP) is 1.10. The zero-order chi connectivity index (χ0) is 9.97. The van der Waals surface area contributed by atoms with Gasteiger partial charge in [0.2, 0.25) is 5.91 Å². The molecular formula is C10H11ClN2O. The lowest BCUT2D eigenvalue weighted by molar-refractivity contribution is -0.122. The van der Waals surface area contributed by atoms with Crippen molar-refractivity contribution in [1.82, 2.24) is 10.6 Å². The van der Waals surface area contributed by atoms with E-state index < -0.39 is 0 Å². The van der Waals surface area contributed by atoms with Gasteiger partial charge in [-0.1, -0.05) is 29.8 Å². The highest BCUT2D eigenvalue weighted by atomic mass is 35.5. The molecule has 0 spiro atoms. The van der Waals surface area contributed by atoms with Crippen LogP contribution in [0.3, 0.4) is 0 Å². The van der Waals surface area contributed by atoms with Crippen molar-refractivity contribution >= 4 is 17.5 Å².